The Morgan fingerprint density at radius 3 is 1.67 bits per heavy atom. The van der Waals surface area contributed by atoms with E-state index >= 15 is 0 Å². The van der Waals surface area contributed by atoms with Crippen molar-refractivity contribution in [2.45, 2.75) is 37.5 Å². The fourth-order valence-electron chi connectivity index (χ4n) is 7.07. The number of rotatable bonds is 0. The van der Waals surface area contributed by atoms with Crippen molar-refractivity contribution in [3.05, 3.63) is 59.7 Å². The van der Waals surface area contributed by atoms with Gasteiger partial charge in [-0.15, -0.1) is 0 Å². The van der Waals surface area contributed by atoms with Crippen LogP contribution in [0.25, 0.3) is 0 Å². The predicted molar refractivity (Wildman–Crippen MR) is 107 cm³/mol. The van der Waals surface area contributed by atoms with Crippen molar-refractivity contribution in [3.8, 4) is 0 Å². The van der Waals surface area contributed by atoms with Crippen LogP contribution in [0.4, 0.5) is 11.4 Å². The topological polar surface area (TPSA) is 3.24 Å². The number of fused-ring (bicyclic) bond motifs is 2. The molecule has 0 unspecified atom stereocenters. The summed E-state index contributed by atoms with van der Waals surface area (Å²) in [5.74, 6) is 3.72. The summed E-state index contributed by atoms with van der Waals surface area (Å²) in [6, 6.07) is 18.5. The van der Waals surface area contributed by atoms with Crippen LogP contribution in [0.3, 0.4) is 0 Å². The number of hydrogen-bond acceptors (Lipinski definition) is 1. The molecule has 2 aromatic rings. The highest BCUT2D eigenvalue weighted by Crippen LogP contribution is 2.69. The molecule has 0 aromatic heterocycles. The van der Waals surface area contributed by atoms with Crippen molar-refractivity contribution in [1.82, 2.24) is 0 Å². The van der Waals surface area contributed by atoms with E-state index in [1.807, 2.05) is 0 Å². The molecule has 0 amide bonds. The third-order valence-corrected chi connectivity index (χ3v) is 8.59. The van der Waals surface area contributed by atoms with E-state index in [1.165, 1.54) is 43.5 Å². The van der Waals surface area contributed by atoms with Gasteiger partial charge in [0, 0.05) is 5.41 Å². The van der Waals surface area contributed by atoms with Gasteiger partial charge in [0.25, 0.3) is 0 Å². The van der Waals surface area contributed by atoms with E-state index in [0.717, 1.165) is 23.7 Å². The Kier molecular flexibility index (Phi) is 2.82. The van der Waals surface area contributed by atoms with Gasteiger partial charge in [-0.2, -0.15) is 0 Å². The Labute approximate surface area is 157 Å². The van der Waals surface area contributed by atoms with Gasteiger partial charge in [0.05, 0.1) is 34.2 Å². The second kappa shape index (κ2) is 4.78. The predicted octanol–water partition coefficient (Wildman–Crippen LogP) is 6.23. The maximum absolute atomic E-state index is 2.51. The Morgan fingerprint density at radius 2 is 1.17 bits per heavy atom. The smallest absolute Gasteiger partial charge is 0.0646 e. The van der Waals surface area contributed by atoms with Gasteiger partial charge in [-0.1, -0.05) is 36.4 Å². The molecule has 4 bridgehead atoms. The number of anilines is 2. The van der Waals surface area contributed by atoms with E-state index in [2.05, 4.69) is 74.5 Å². The normalized spacial score (nSPS) is 34.3. The summed E-state index contributed by atoms with van der Waals surface area (Å²) >= 11 is 2.51. The van der Waals surface area contributed by atoms with E-state index in [0.29, 0.717) is 0 Å². The maximum atomic E-state index is 2.51. The number of benzene rings is 2. The van der Waals surface area contributed by atoms with E-state index in [4.69, 9.17) is 0 Å². The molecule has 2 aromatic carbocycles. The van der Waals surface area contributed by atoms with Crippen molar-refractivity contribution in [3.63, 3.8) is 0 Å². The number of para-hydroxylation sites is 2. The van der Waals surface area contributed by atoms with E-state index in [9.17, 15) is 0 Å². The second-order valence-corrected chi connectivity index (χ2v) is 9.45. The van der Waals surface area contributed by atoms with Crippen molar-refractivity contribution in [2.24, 2.45) is 23.7 Å². The molecule has 4 fully saturated rings. The molecular formula is C22H22IN. The van der Waals surface area contributed by atoms with Crippen LogP contribution in [-0.4, -0.2) is 0 Å². The van der Waals surface area contributed by atoms with E-state index in [1.54, 1.807) is 11.1 Å². The zero-order valence-electron chi connectivity index (χ0n) is 13.8. The molecule has 4 saturated carbocycles. The Balaban J connectivity index is 1.69. The largest absolute Gasteiger partial charge is 0.282 e. The first-order valence-electron chi connectivity index (χ1n) is 9.43. The SMILES string of the molecule is IN1c2ccccc2C2(c3ccccc31)C1CC3CC(C1)CC2C3. The van der Waals surface area contributed by atoms with Gasteiger partial charge in [-0.05, 0) is 79.0 Å². The summed E-state index contributed by atoms with van der Waals surface area (Å²) in [5, 5.41) is 0. The average Bonchev–Trinajstić information content (AvgIpc) is 2.61. The minimum Gasteiger partial charge on any atom is -0.282 e. The highest BCUT2D eigenvalue weighted by Gasteiger charge is 2.61. The summed E-state index contributed by atoms with van der Waals surface area (Å²) in [6.45, 7) is 0. The molecule has 2 heteroatoms. The van der Waals surface area contributed by atoms with Crippen LogP contribution in [0, 0.1) is 23.7 Å². The Hall–Kier alpha value is -1.03. The average molecular weight is 427 g/mol. The molecular weight excluding hydrogens is 405 g/mol. The molecule has 122 valence electrons. The minimum absolute atomic E-state index is 0.280. The summed E-state index contributed by atoms with van der Waals surface area (Å²) in [4.78, 5) is 0. The highest BCUT2D eigenvalue weighted by atomic mass is 127. The summed E-state index contributed by atoms with van der Waals surface area (Å²) < 4.78 is 2.40. The third-order valence-electron chi connectivity index (χ3n) is 7.55. The van der Waals surface area contributed by atoms with Gasteiger partial charge >= 0.3 is 0 Å². The lowest BCUT2D eigenvalue weighted by Gasteiger charge is -2.63. The minimum atomic E-state index is 0.280. The van der Waals surface area contributed by atoms with Crippen LogP contribution in [0.5, 0.6) is 0 Å². The van der Waals surface area contributed by atoms with Crippen molar-refractivity contribution < 1.29 is 0 Å². The zero-order chi connectivity index (χ0) is 15.9. The van der Waals surface area contributed by atoms with Gasteiger partial charge in [-0.25, -0.2) is 0 Å². The van der Waals surface area contributed by atoms with Crippen LogP contribution in [-0.2, 0) is 5.41 Å². The van der Waals surface area contributed by atoms with Crippen molar-refractivity contribution in [2.75, 3.05) is 3.11 Å². The summed E-state index contributed by atoms with van der Waals surface area (Å²) in [6.07, 6.45) is 7.34. The van der Waals surface area contributed by atoms with Gasteiger partial charge in [-0.3, -0.25) is 3.11 Å². The molecule has 1 spiro atoms. The molecule has 1 aliphatic heterocycles. The second-order valence-electron chi connectivity index (χ2n) is 8.49. The number of halogens is 1. The molecule has 4 aliphatic carbocycles. The lowest BCUT2D eigenvalue weighted by Crippen LogP contribution is -2.57. The third kappa shape index (κ3) is 1.57. The fourth-order valence-corrected chi connectivity index (χ4v) is 7.91. The first-order chi connectivity index (χ1) is 11.8. The van der Waals surface area contributed by atoms with Crippen LogP contribution in [0.15, 0.2) is 48.5 Å². The quantitative estimate of drug-likeness (QED) is 0.356. The Morgan fingerprint density at radius 1 is 0.708 bits per heavy atom. The van der Waals surface area contributed by atoms with Gasteiger partial charge in [0.15, 0.2) is 0 Å². The summed E-state index contributed by atoms with van der Waals surface area (Å²) in [5.41, 5.74) is 6.38. The molecule has 5 aliphatic rings. The first kappa shape index (κ1) is 14.2. The van der Waals surface area contributed by atoms with Crippen LogP contribution < -0.4 is 3.11 Å². The fraction of sp³-hybridized carbons (Fsp3) is 0.455. The lowest BCUT2D eigenvalue weighted by atomic mass is 9.41. The van der Waals surface area contributed by atoms with E-state index < -0.39 is 0 Å². The molecule has 0 saturated heterocycles. The molecule has 0 atom stereocenters. The number of hydrogen-bond donors (Lipinski definition) is 0. The van der Waals surface area contributed by atoms with Crippen LogP contribution in [0.2, 0.25) is 0 Å². The highest BCUT2D eigenvalue weighted by molar-refractivity contribution is 14.1. The Bertz CT molecular complexity index is 749. The zero-order valence-corrected chi connectivity index (χ0v) is 15.9. The molecule has 0 N–H and O–H groups in total. The monoisotopic (exact) mass is 427 g/mol. The van der Waals surface area contributed by atoms with Crippen LogP contribution in [0.1, 0.15) is 43.2 Å². The molecule has 1 heterocycles. The molecule has 0 radical (unpaired) electrons. The lowest BCUT2D eigenvalue weighted by molar-refractivity contribution is -0.0418. The van der Waals surface area contributed by atoms with Gasteiger partial charge in [0.2, 0.25) is 0 Å². The number of nitrogens with zero attached hydrogens (tertiary/aromatic N) is 1. The van der Waals surface area contributed by atoms with Crippen LogP contribution >= 0.6 is 22.9 Å². The van der Waals surface area contributed by atoms with E-state index in [-0.39, 0.29) is 5.41 Å². The first-order valence-corrected chi connectivity index (χ1v) is 10.4. The molecule has 1 nitrogen and oxygen atoms in total. The van der Waals surface area contributed by atoms with Gasteiger partial charge < -0.3 is 0 Å². The summed E-state index contributed by atoms with van der Waals surface area (Å²) in [7, 11) is 0. The van der Waals surface area contributed by atoms with Crippen molar-refractivity contribution in [1.29, 1.82) is 0 Å². The standard InChI is InChI=1S/C22H22IN/c23-24-20-7-3-1-5-18(20)22(19-6-2-4-8-21(19)24)16-10-14-9-15(12-16)13-17(22)11-14/h1-8,14-17H,9-13H2. The maximum Gasteiger partial charge on any atom is 0.0646 e. The molecule has 24 heavy (non-hydrogen) atoms. The van der Waals surface area contributed by atoms with Gasteiger partial charge in [0.1, 0.15) is 0 Å². The van der Waals surface area contributed by atoms with Crippen molar-refractivity contribution >= 4 is 34.2 Å². The molecule has 7 rings (SSSR count).